The van der Waals surface area contributed by atoms with Crippen molar-refractivity contribution >= 4 is 0 Å². The number of hydrogen-bond acceptors (Lipinski definition) is 2. The second-order valence-electron chi connectivity index (χ2n) is 2.06. The molecule has 8 heavy (non-hydrogen) atoms. The van der Waals surface area contributed by atoms with Gasteiger partial charge in [0.1, 0.15) is 0 Å². The Morgan fingerprint density at radius 2 is 2.62 bits per heavy atom. The molecule has 0 spiro atoms. The Hall–Kier alpha value is -0.340. The Labute approximate surface area is 49.5 Å². The first-order chi connectivity index (χ1) is 3.80. The first-order valence-electron chi connectivity index (χ1n) is 2.86. The molecular formula is C6H11NO. The lowest BCUT2D eigenvalue weighted by Crippen LogP contribution is -2.27. The molecule has 0 saturated heterocycles. The van der Waals surface area contributed by atoms with Crippen molar-refractivity contribution in [2.45, 2.75) is 20.0 Å². The number of hydroxylamine groups is 1. The molecule has 1 N–H and O–H groups in total. The molecule has 0 fully saturated rings. The molecule has 1 atom stereocenters. The summed E-state index contributed by atoms with van der Waals surface area (Å²) >= 11 is 0. The van der Waals surface area contributed by atoms with E-state index in [1.807, 2.05) is 6.92 Å². The van der Waals surface area contributed by atoms with E-state index in [1.54, 1.807) is 0 Å². The van der Waals surface area contributed by atoms with Crippen LogP contribution in [0.1, 0.15) is 13.8 Å². The monoisotopic (exact) mass is 113 g/mol. The van der Waals surface area contributed by atoms with Crippen molar-refractivity contribution in [3.8, 4) is 0 Å². The third-order valence-electron chi connectivity index (χ3n) is 1.41. The van der Waals surface area contributed by atoms with E-state index < -0.39 is 0 Å². The molecule has 0 aliphatic carbocycles. The van der Waals surface area contributed by atoms with Crippen LogP contribution in [0.2, 0.25) is 0 Å². The summed E-state index contributed by atoms with van der Waals surface area (Å²) in [5, 5.41) is 0. The van der Waals surface area contributed by atoms with E-state index in [1.165, 1.54) is 5.57 Å². The third-order valence-corrected chi connectivity index (χ3v) is 1.41. The van der Waals surface area contributed by atoms with Crippen molar-refractivity contribution in [2.75, 3.05) is 6.54 Å². The summed E-state index contributed by atoms with van der Waals surface area (Å²) in [5.74, 6) is 0. The maximum Gasteiger partial charge on any atom is 0.0970 e. The second kappa shape index (κ2) is 2.29. The van der Waals surface area contributed by atoms with Crippen LogP contribution in [0.5, 0.6) is 0 Å². The van der Waals surface area contributed by atoms with E-state index in [4.69, 9.17) is 4.84 Å². The van der Waals surface area contributed by atoms with Crippen LogP contribution in [0.3, 0.4) is 0 Å². The van der Waals surface area contributed by atoms with E-state index in [-0.39, 0.29) is 6.10 Å². The zero-order chi connectivity index (χ0) is 5.98. The lowest BCUT2D eigenvalue weighted by Gasteiger charge is -2.17. The fourth-order valence-electron chi connectivity index (χ4n) is 0.635. The summed E-state index contributed by atoms with van der Waals surface area (Å²) in [5.41, 5.74) is 4.10. The van der Waals surface area contributed by atoms with Crippen LogP contribution < -0.4 is 5.48 Å². The van der Waals surface area contributed by atoms with Crippen LogP contribution in [0.4, 0.5) is 0 Å². The van der Waals surface area contributed by atoms with Crippen molar-refractivity contribution < 1.29 is 4.84 Å². The smallest absolute Gasteiger partial charge is 0.0970 e. The van der Waals surface area contributed by atoms with Crippen molar-refractivity contribution in [1.29, 1.82) is 0 Å². The Morgan fingerprint density at radius 1 is 1.88 bits per heavy atom. The minimum atomic E-state index is 0.253. The molecule has 1 aliphatic rings. The summed E-state index contributed by atoms with van der Waals surface area (Å²) in [4.78, 5) is 5.07. The van der Waals surface area contributed by atoms with Crippen LogP contribution in [-0.2, 0) is 4.84 Å². The van der Waals surface area contributed by atoms with Crippen molar-refractivity contribution in [3.05, 3.63) is 11.6 Å². The average Bonchev–Trinajstić information content (AvgIpc) is 1.77. The maximum atomic E-state index is 5.07. The van der Waals surface area contributed by atoms with Gasteiger partial charge >= 0.3 is 0 Å². The highest BCUT2D eigenvalue weighted by atomic mass is 16.7. The molecule has 1 unspecified atom stereocenters. The van der Waals surface area contributed by atoms with Crippen LogP contribution in [0.25, 0.3) is 0 Å². The second-order valence-corrected chi connectivity index (χ2v) is 2.06. The fraction of sp³-hybridized carbons (Fsp3) is 0.667. The molecule has 0 amide bonds. The van der Waals surface area contributed by atoms with E-state index in [9.17, 15) is 0 Å². The summed E-state index contributed by atoms with van der Waals surface area (Å²) in [6, 6.07) is 0. The predicted octanol–water partition coefficient (Wildman–Crippen LogP) is 0.856. The molecule has 2 heteroatoms. The molecule has 2 nitrogen and oxygen atoms in total. The van der Waals surface area contributed by atoms with Gasteiger partial charge in [-0.2, -0.15) is 5.48 Å². The first-order valence-corrected chi connectivity index (χ1v) is 2.86. The van der Waals surface area contributed by atoms with Gasteiger partial charge in [0, 0.05) is 6.54 Å². The molecular weight excluding hydrogens is 102 g/mol. The third kappa shape index (κ3) is 1.08. The van der Waals surface area contributed by atoms with Crippen LogP contribution >= 0.6 is 0 Å². The Balaban J connectivity index is 2.53. The summed E-state index contributed by atoms with van der Waals surface area (Å²) < 4.78 is 0. The van der Waals surface area contributed by atoms with Crippen molar-refractivity contribution in [2.24, 2.45) is 0 Å². The lowest BCUT2D eigenvalue weighted by molar-refractivity contribution is 0.00133. The van der Waals surface area contributed by atoms with E-state index in [0.29, 0.717) is 0 Å². The van der Waals surface area contributed by atoms with Gasteiger partial charge in [0.25, 0.3) is 0 Å². The highest BCUT2D eigenvalue weighted by Crippen LogP contribution is 2.05. The van der Waals surface area contributed by atoms with Crippen LogP contribution in [-0.4, -0.2) is 12.6 Å². The first kappa shape index (κ1) is 5.79. The average molecular weight is 113 g/mol. The Bertz CT molecular complexity index is 109. The highest BCUT2D eigenvalue weighted by Gasteiger charge is 2.06. The Kier molecular flexibility index (Phi) is 1.65. The van der Waals surface area contributed by atoms with Crippen molar-refractivity contribution in [3.63, 3.8) is 0 Å². The molecule has 0 radical (unpaired) electrons. The molecule has 1 aliphatic heterocycles. The van der Waals surface area contributed by atoms with Crippen LogP contribution in [0, 0.1) is 0 Å². The molecule has 1 rings (SSSR count). The minimum absolute atomic E-state index is 0.253. The van der Waals surface area contributed by atoms with Gasteiger partial charge in [0.15, 0.2) is 0 Å². The van der Waals surface area contributed by atoms with E-state index in [2.05, 4.69) is 18.5 Å². The van der Waals surface area contributed by atoms with Gasteiger partial charge in [0.05, 0.1) is 6.10 Å². The summed E-state index contributed by atoms with van der Waals surface area (Å²) in [6.45, 7) is 4.94. The van der Waals surface area contributed by atoms with Crippen LogP contribution in [0.15, 0.2) is 11.6 Å². The molecule has 0 aromatic heterocycles. The van der Waals surface area contributed by atoms with Gasteiger partial charge in [-0.15, -0.1) is 0 Å². The van der Waals surface area contributed by atoms with Gasteiger partial charge in [-0.25, -0.2) is 0 Å². The van der Waals surface area contributed by atoms with Gasteiger partial charge in [-0.3, -0.25) is 4.84 Å². The Morgan fingerprint density at radius 3 is 3.00 bits per heavy atom. The zero-order valence-corrected chi connectivity index (χ0v) is 5.27. The summed E-state index contributed by atoms with van der Waals surface area (Å²) in [6.07, 6.45) is 2.39. The van der Waals surface area contributed by atoms with Crippen molar-refractivity contribution in [1.82, 2.24) is 5.48 Å². The largest absolute Gasteiger partial charge is 0.294 e. The quantitative estimate of drug-likeness (QED) is 0.470. The van der Waals surface area contributed by atoms with Gasteiger partial charge < -0.3 is 0 Å². The predicted molar refractivity (Wildman–Crippen MR) is 32.3 cm³/mol. The fourth-order valence-corrected chi connectivity index (χ4v) is 0.635. The van der Waals surface area contributed by atoms with Gasteiger partial charge in [-0.1, -0.05) is 6.08 Å². The minimum Gasteiger partial charge on any atom is -0.294 e. The lowest BCUT2D eigenvalue weighted by atomic mass is 10.2. The van der Waals surface area contributed by atoms with E-state index >= 15 is 0 Å². The molecule has 0 aromatic rings. The maximum absolute atomic E-state index is 5.07. The molecule has 0 aromatic carbocycles. The molecule has 0 bridgehead atoms. The van der Waals surface area contributed by atoms with Gasteiger partial charge in [0.2, 0.25) is 0 Å². The topological polar surface area (TPSA) is 21.3 Å². The van der Waals surface area contributed by atoms with Gasteiger partial charge in [-0.05, 0) is 19.4 Å². The SMILES string of the molecule is CC1=CCNOC1C. The number of rotatable bonds is 0. The molecule has 1 heterocycles. The van der Waals surface area contributed by atoms with E-state index in [0.717, 1.165) is 6.54 Å². The number of hydrogen-bond donors (Lipinski definition) is 1. The normalized spacial score (nSPS) is 29.8. The zero-order valence-electron chi connectivity index (χ0n) is 5.27. The highest BCUT2D eigenvalue weighted by molar-refractivity contribution is 5.05. The standard InChI is InChI=1S/C6H11NO/c1-5-3-4-7-8-6(5)2/h3,6-7H,4H2,1-2H3. The molecule has 46 valence electrons. The number of nitrogens with one attached hydrogen (secondary N) is 1. The molecule has 0 saturated carbocycles. The summed E-state index contributed by atoms with van der Waals surface area (Å²) in [7, 11) is 0.